The van der Waals surface area contributed by atoms with Crippen molar-refractivity contribution in [1.82, 2.24) is 0 Å². The Morgan fingerprint density at radius 1 is 1.18 bits per heavy atom. The summed E-state index contributed by atoms with van der Waals surface area (Å²) in [5.41, 5.74) is 1.16. The van der Waals surface area contributed by atoms with Gasteiger partial charge in [0.05, 0.1) is 17.7 Å². The van der Waals surface area contributed by atoms with Crippen molar-refractivity contribution in [2.75, 3.05) is 0 Å². The Bertz CT molecular complexity index is 404. The molecule has 1 aromatic rings. The summed E-state index contributed by atoms with van der Waals surface area (Å²) in [6.07, 6.45) is 5.07. The third-order valence-electron chi connectivity index (χ3n) is 3.57. The maximum atomic E-state index is 8.72. The predicted molar refractivity (Wildman–Crippen MR) is 67.8 cm³/mol. The van der Waals surface area contributed by atoms with Crippen LogP contribution >= 0.6 is 0 Å². The first kappa shape index (κ1) is 12.0. The van der Waals surface area contributed by atoms with E-state index >= 15 is 0 Å². The third-order valence-corrected chi connectivity index (χ3v) is 3.57. The Morgan fingerprint density at radius 3 is 2.29 bits per heavy atom. The molecule has 1 aromatic carbocycles. The number of nitriles is 1. The molecular weight excluding hydrogens is 210 g/mol. The summed E-state index contributed by atoms with van der Waals surface area (Å²) in [7, 11) is 0. The van der Waals surface area contributed by atoms with E-state index in [-0.39, 0.29) is 0 Å². The van der Waals surface area contributed by atoms with Crippen LogP contribution < -0.4 is 4.74 Å². The lowest BCUT2D eigenvalue weighted by Gasteiger charge is -2.34. The van der Waals surface area contributed by atoms with E-state index in [4.69, 9.17) is 10.00 Å². The maximum absolute atomic E-state index is 8.72. The molecule has 1 aliphatic carbocycles. The van der Waals surface area contributed by atoms with Gasteiger partial charge in [-0.05, 0) is 55.4 Å². The Labute approximate surface area is 103 Å². The van der Waals surface area contributed by atoms with E-state index in [1.54, 1.807) is 0 Å². The molecule has 0 unspecified atom stereocenters. The number of nitrogens with zero attached hydrogens (tertiary/aromatic N) is 1. The summed E-state index contributed by atoms with van der Waals surface area (Å²) in [6, 6.07) is 9.50. The molecule has 0 saturated heterocycles. The van der Waals surface area contributed by atoms with Crippen molar-refractivity contribution in [3.05, 3.63) is 29.8 Å². The summed E-state index contributed by atoms with van der Waals surface area (Å²) in [6.45, 7) is 4.65. The van der Waals surface area contributed by atoms with E-state index in [2.05, 4.69) is 19.9 Å². The first-order chi connectivity index (χ1) is 8.09. The van der Waals surface area contributed by atoms with E-state index in [9.17, 15) is 0 Å². The topological polar surface area (TPSA) is 33.0 Å². The zero-order valence-electron chi connectivity index (χ0n) is 10.6. The zero-order chi connectivity index (χ0) is 12.3. The lowest BCUT2D eigenvalue weighted by Crippen LogP contribution is -2.28. The third kappa shape index (κ3) is 3.23. The second kappa shape index (κ2) is 4.79. The van der Waals surface area contributed by atoms with Crippen LogP contribution in [-0.4, -0.2) is 6.10 Å². The van der Waals surface area contributed by atoms with Crippen molar-refractivity contribution in [3.8, 4) is 11.8 Å². The van der Waals surface area contributed by atoms with Crippen molar-refractivity contribution in [2.24, 2.45) is 5.41 Å². The lowest BCUT2D eigenvalue weighted by atomic mass is 9.76. The predicted octanol–water partition coefficient (Wildman–Crippen LogP) is 3.91. The van der Waals surface area contributed by atoms with E-state index in [1.165, 1.54) is 12.8 Å². The van der Waals surface area contributed by atoms with Crippen molar-refractivity contribution < 1.29 is 4.74 Å². The van der Waals surface area contributed by atoms with Crippen molar-refractivity contribution >= 4 is 0 Å². The highest BCUT2D eigenvalue weighted by molar-refractivity contribution is 5.34. The highest BCUT2D eigenvalue weighted by Gasteiger charge is 2.27. The van der Waals surface area contributed by atoms with Gasteiger partial charge in [-0.1, -0.05) is 13.8 Å². The molecule has 0 amide bonds. The minimum absolute atomic E-state index is 0.343. The molecule has 0 spiro atoms. The first-order valence-corrected chi connectivity index (χ1v) is 6.26. The monoisotopic (exact) mass is 229 g/mol. The fourth-order valence-corrected chi connectivity index (χ4v) is 2.29. The molecule has 0 N–H and O–H groups in total. The molecule has 1 fully saturated rings. The van der Waals surface area contributed by atoms with Crippen LogP contribution in [0.15, 0.2) is 24.3 Å². The van der Waals surface area contributed by atoms with Gasteiger partial charge < -0.3 is 4.74 Å². The van der Waals surface area contributed by atoms with Crippen LogP contribution in [0.1, 0.15) is 45.1 Å². The van der Waals surface area contributed by atoms with Crippen molar-refractivity contribution in [3.63, 3.8) is 0 Å². The molecule has 2 heteroatoms. The summed E-state index contributed by atoms with van der Waals surface area (Å²) >= 11 is 0. The molecule has 1 saturated carbocycles. The fourth-order valence-electron chi connectivity index (χ4n) is 2.29. The van der Waals surface area contributed by atoms with Gasteiger partial charge in [0.25, 0.3) is 0 Å². The molecule has 0 aliphatic heterocycles. The number of rotatable bonds is 2. The molecule has 0 heterocycles. The van der Waals surface area contributed by atoms with E-state index in [0.29, 0.717) is 17.1 Å². The van der Waals surface area contributed by atoms with Gasteiger partial charge in [0.1, 0.15) is 5.75 Å². The molecule has 0 aromatic heterocycles. The molecule has 2 nitrogen and oxygen atoms in total. The highest BCUT2D eigenvalue weighted by atomic mass is 16.5. The molecule has 0 radical (unpaired) electrons. The molecule has 17 heavy (non-hydrogen) atoms. The molecule has 90 valence electrons. The smallest absolute Gasteiger partial charge is 0.119 e. The Balaban J connectivity index is 1.91. The summed E-state index contributed by atoms with van der Waals surface area (Å²) in [5, 5.41) is 8.72. The highest BCUT2D eigenvalue weighted by Crippen LogP contribution is 2.36. The maximum Gasteiger partial charge on any atom is 0.119 e. The van der Waals surface area contributed by atoms with Gasteiger partial charge in [0, 0.05) is 0 Å². The van der Waals surface area contributed by atoms with E-state index in [0.717, 1.165) is 18.6 Å². The lowest BCUT2D eigenvalue weighted by molar-refractivity contribution is 0.0988. The van der Waals surface area contributed by atoms with Gasteiger partial charge in [0.2, 0.25) is 0 Å². The van der Waals surface area contributed by atoms with Crippen molar-refractivity contribution in [2.45, 2.75) is 45.6 Å². The second-order valence-electron chi connectivity index (χ2n) is 5.62. The summed E-state index contributed by atoms with van der Waals surface area (Å²) in [5.74, 6) is 0.883. The van der Waals surface area contributed by atoms with Crippen molar-refractivity contribution in [1.29, 1.82) is 5.26 Å². The van der Waals surface area contributed by atoms with Crippen LogP contribution in [0, 0.1) is 16.7 Å². The Morgan fingerprint density at radius 2 is 1.76 bits per heavy atom. The van der Waals surface area contributed by atoms with Gasteiger partial charge in [-0.15, -0.1) is 0 Å². The van der Waals surface area contributed by atoms with Crippen LogP contribution in [-0.2, 0) is 0 Å². The molecule has 1 aliphatic rings. The minimum atomic E-state index is 0.343. The van der Waals surface area contributed by atoms with Gasteiger partial charge in [0.15, 0.2) is 0 Å². The van der Waals surface area contributed by atoms with E-state index < -0.39 is 0 Å². The average Bonchev–Trinajstić information content (AvgIpc) is 2.33. The fraction of sp³-hybridized carbons (Fsp3) is 0.533. The Kier molecular flexibility index (Phi) is 3.38. The van der Waals surface area contributed by atoms with Crippen LogP contribution in [0.5, 0.6) is 5.75 Å². The summed E-state index contributed by atoms with van der Waals surface area (Å²) in [4.78, 5) is 0. The normalized spacial score (nSPS) is 19.6. The largest absolute Gasteiger partial charge is 0.490 e. The SMILES string of the molecule is CC1(C)CCC(Oc2ccc(C#N)cc2)CC1. The van der Waals surface area contributed by atoms with Gasteiger partial charge >= 0.3 is 0 Å². The molecule has 0 atom stereocenters. The zero-order valence-corrected chi connectivity index (χ0v) is 10.6. The number of hydrogen-bond acceptors (Lipinski definition) is 2. The molecule has 0 bridgehead atoms. The van der Waals surface area contributed by atoms with Gasteiger partial charge in [-0.25, -0.2) is 0 Å². The molecule has 2 rings (SSSR count). The first-order valence-electron chi connectivity index (χ1n) is 6.26. The van der Waals surface area contributed by atoms with Gasteiger partial charge in [-0.3, -0.25) is 0 Å². The van der Waals surface area contributed by atoms with Gasteiger partial charge in [-0.2, -0.15) is 5.26 Å². The van der Waals surface area contributed by atoms with Crippen LogP contribution in [0.25, 0.3) is 0 Å². The standard InChI is InChI=1S/C15H19NO/c1-15(2)9-7-14(8-10-15)17-13-5-3-12(11-16)4-6-13/h3-6,14H,7-10H2,1-2H3. The quantitative estimate of drug-likeness (QED) is 0.770. The number of ether oxygens (including phenoxy) is 1. The number of benzene rings is 1. The van der Waals surface area contributed by atoms with E-state index in [1.807, 2.05) is 24.3 Å². The minimum Gasteiger partial charge on any atom is -0.490 e. The average molecular weight is 229 g/mol. The van der Waals surface area contributed by atoms with Crippen LogP contribution in [0.4, 0.5) is 0 Å². The number of hydrogen-bond donors (Lipinski definition) is 0. The molecular formula is C15H19NO. The van der Waals surface area contributed by atoms with Crippen LogP contribution in [0.3, 0.4) is 0 Å². The summed E-state index contributed by atoms with van der Waals surface area (Å²) < 4.78 is 5.94. The van der Waals surface area contributed by atoms with Crippen LogP contribution in [0.2, 0.25) is 0 Å². The Hall–Kier alpha value is -1.49. The second-order valence-corrected chi connectivity index (χ2v) is 5.62.